The molecule has 0 saturated carbocycles. The van der Waals surface area contributed by atoms with Crippen LogP contribution in [-0.4, -0.2) is 69.6 Å². The van der Waals surface area contributed by atoms with Crippen molar-refractivity contribution >= 4 is 11.7 Å². The molecule has 1 aliphatic carbocycles. The molecule has 1 N–H and O–H groups in total. The smallest absolute Gasteiger partial charge is 0.225 e. The summed E-state index contributed by atoms with van der Waals surface area (Å²) in [4.78, 5) is 30.1. The van der Waals surface area contributed by atoms with Gasteiger partial charge in [-0.25, -0.2) is 4.39 Å². The summed E-state index contributed by atoms with van der Waals surface area (Å²) in [7, 11) is 0. The van der Waals surface area contributed by atoms with Gasteiger partial charge in [0.15, 0.2) is 0 Å². The second kappa shape index (κ2) is 8.31. The zero-order chi connectivity index (χ0) is 21.4. The zero-order valence-electron chi connectivity index (χ0n) is 17.6. The maximum Gasteiger partial charge on any atom is 0.225 e. The van der Waals surface area contributed by atoms with Gasteiger partial charge in [0, 0.05) is 43.7 Å². The van der Waals surface area contributed by atoms with E-state index >= 15 is 0 Å². The predicted molar refractivity (Wildman–Crippen MR) is 111 cm³/mol. The first kappa shape index (κ1) is 20.6. The Morgan fingerprint density at radius 1 is 1.26 bits per heavy atom. The molecule has 1 aromatic rings. The standard InChI is InChI=1S/C23H29FN4O3/c24-18-1-2-21-19(11-18)20(29)12-23(31-21)5-9-28(10-6-23)22(30)17-3-7-27(8-4-17)15-16-13-25-26-14-16/h1-2,11,13-14,17,19,21H,3-10,12,15H2,(H,25,26). The van der Waals surface area contributed by atoms with E-state index in [9.17, 15) is 14.0 Å². The number of fused-ring (bicyclic) bond motifs is 1. The number of nitrogens with zero attached hydrogens (tertiary/aromatic N) is 3. The van der Waals surface area contributed by atoms with Crippen LogP contribution in [0.2, 0.25) is 0 Å². The van der Waals surface area contributed by atoms with Crippen molar-refractivity contribution < 1.29 is 18.7 Å². The molecule has 5 rings (SSSR count). The molecule has 7 nitrogen and oxygen atoms in total. The van der Waals surface area contributed by atoms with Crippen LogP contribution in [0.15, 0.2) is 36.4 Å². The van der Waals surface area contributed by atoms with Gasteiger partial charge in [0.05, 0.1) is 23.8 Å². The van der Waals surface area contributed by atoms with E-state index in [1.165, 1.54) is 17.7 Å². The molecule has 0 bridgehead atoms. The van der Waals surface area contributed by atoms with E-state index in [1.54, 1.807) is 6.08 Å². The Hall–Kier alpha value is -2.32. The molecule has 166 valence electrons. The number of ketones is 1. The highest BCUT2D eigenvalue weighted by Crippen LogP contribution is 2.41. The summed E-state index contributed by atoms with van der Waals surface area (Å²) in [5.41, 5.74) is 0.649. The Bertz CT molecular complexity index is 881. The number of rotatable bonds is 3. The van der Waals surface area contributed by atoms with Gasteiger partial charge >= 0.3 is 0 Å². The number of Topliss-reactive ketones (excluding diaryl/α,β-unsaturated/α-hetero) is 1. The lowest BCUT2D eigenvalue weighted by Crippen LogP contribution is -2.56. The molecule has 1 amide bonds. The van der Waals surface area contributed by atoms with Crippen LogP contribution in [0.4, 0.5) is 4.39 Å². The molecule has 2 atom stereocenters. The number of nitrogens with one attached hydrogen (secondary N) is 1. The van der Waals surface area contributed by atoms with E-state index in [0.29, 0.717) is 32.4 Å². The number of hydrogen-bond acceptors (Lipinski definition) is 5. The Balaban J connectivity index is 1.13. The molecule has 0 radical (unpaired) electrons. The minimum atomic E-state index is -0.519. The fourth-order valence-corrected chi connectivity index (χ4v) is 5.43. The Morgan fingerprint density at radius 2 is 2.03 bits per heavy atom. The highest BCUT2D eigenvalue weighted by Gasteiger charge is 2.48. The van der Waals surface area contributed by atoms with Crippen molar-refractivity contribution in [2.24, 2.45) is 11.8 Å². The van der Waals surface area contributed by atoms with Crippen molar-refractivity contribution in [2.75, 3.05) is 26.2 Å². The van der Waals surface area contributed by atoms with E-state index in [1.807, 2.05) is 17.3 Å². The van der Waals surface area contributed by atoms with Gasteiger partial charge in [0.2, 0.25) is 5.91 Å². The third kappa shape index (κ3) is 4.23. The number of likely N-dealkylation sites (tertiary alicyclic amines) is 2. The predicted octanol–water partition coefficient (Wildman–Crippen LogP) is 2.38. The van der Waals surface area contributed by atoms with Gasteiger partial charge in [-0.3, -0.25) is 19.6 Å². The lowest BCUT2D eigenvalue weighted by Gasteiger charge is -2.48. The lowest BCUT2D eigenvalue weighted by atomic mass is 9.77. The van der Waals surface area contributed by atoms with Crippen molar-refractivity contribution in [3.8, 4) is 0 Å². The Kier molecular flexibility index (Phi) is 5.52. The molecule has 3 fully saturated rings. The van der Waals surface area contributed by atoms with Gasteiger partial charge in [-0.05, 0) is 50.9 Å². The molecular formula is C23H29FN4O3. The summed E-state index contributed by atoms with van der Waals surface area (Å²) in [6, 6.07) is 0. The van der Waals surface area contributed by atoms with Gasteiger partial charge in [-0.1, -0.05) is 6.08 Å². The summed E-state index contributed by atoms with van der Waals surface area (Å²) in [6.45, 7) is 3.93. The van der Waals surface area contributed by atoms with Crippen molar-refractivity contribution in [3.05, 3.63) is 42.0 Å². The number of amides is 1. The summed E-state index contributed by atoms with van der Waals surface area (Å²) < 4.78 is 19.8. The fourth-order valence-electron chi connectivity index (χ4n) is 5.43. The number of piperidine rings is 2. The SMILES string of the molecule is O=C1CC2(CCN(C(=O)C3CCN(Cc4cn[nH]c4)CC3)CC2)OC2C=CC(F)=CC12. The van der Waals surface area contributed by atoms with Crippen LogP contribution in [0.25, 0.3) is 0 Å². The van der Waals surface area contributed by atoms with E-state index < -0.39 is 11.5 Å². The highest BCUT2D eigenvalue weighted by molar-refractivity contribution is 5.86. The number of hydrogen-bond donors (Lipinski definition) is 1. The number of allylic oxidation sites excluding steroid dienone is 2. The summed E-state index contributed by atoms with van der Waals surface area (Å²) in [5.74, 6) is -0.531. The van der Waals surface area contributed by atoms with Crippen LogP contribution < -0.4 is 0 Å². The van der Waals surface area contributed by atoms with Gasteiger partial charge in [0.25, 0.3) is 0 Å². The average Bonchev–Trinajstić information content (AvgIpc) is 3.28. The summed E-state index contributed by atoms with van der Waals surface area (Å²) in [5, 5.41) is 6.83. The fraction of sp³-hybridized carbons (Fsp3) is 0.609. The van der Waals surface area contributed by atoms with Crippen molar-refractivity contribution in [1.82, 2.24) is 20.0 Å². The van der Waals surface area contributed by atoms with Crippen LogP contribution in [0.3, 0.4) is 0 Å². The number of ether oxygens (including phenoxy) is 1. The van der Waals surface area contributed by atoms with Gasteiger partial charge in [-0.15, -0.1) is 0 Å². The van der Waals surface area contributed by atoms with E-state index in [0.717, 1.165) is 32.5 Å². The third-order valence-electron chi connectivity index (χ3n) is 7.28. The molecule has 2 unspecified atom stereocenters. The van der Waals surface area contributed by atoms with E-state index in [4.69, 9.17) is 4.74 Å². The number of halogens is 1. The van der Waals surface area contributed by atoms with Crippen molar-refractivity contribution in [1.29, 1.82) is 0 Å². The monoisotopic (exact) mass is 428 g/mol. The zero-order valence-corrected chi connectivity index (χ0v) is 17.6. The van der Waals surface area contributed by atoms with Crippen LogP contribution in [0.1, 0.15) is 37.7 Å². The first-order chi connectivity index (χ1) is 15.0. The largest absolute Gasteiger partial charge is 0.366 e. The molecular weight excluding hydrogens is 399 g/mol. The third-order valence-corrected chi connectivity index (χ3v) is 7.28. The first-order valence-electron chi connectivity index (χ1n) is 11.3. The summed E-state index contributed by atoms with van der Waals surface area (Å²) >= 11 is 0. The van der Waals surface area contributed by atoms with Gasteiger partial charge in [-0.2, -0.15) is 5.10 Å². The minimum Gasteiger partial charge on any atom is -0.366 e. The molecule has 31 heavy (non-hydrogen) atoms. The quantitative estimate of drug-likeness (QED) is 0.800. The van der Waals surface area contributed by atoms with Crippen LogP contribution in [0.5, 0.6) is 0 Å². The normalized spacial score (nSPS) is 29.1. The molecule has 8 heteroatoms. The number of carbonyl (C=O) groups is 2. The molecule has 1 aromatic heterocycles. The Labute approximate surface area is 181 Å². The van der Waals surface area contributed by atoms with Crippen LogP contribution >= 0.6 is 0 Å². The molecule has 1 spiro atoms. The van der Waals surface area contributed by atoms with Crippen LogP contribution in [0, 0.1) is 11.8 Å². The molecule has 3 aliphatic heterocycles. The first-order valence-corrected chi connectivity index (χ1v) is 11.3. The van der Waals surface area contributed by atoms with Crippen molar-refractivity contribution in [2.45, 2.75) is 50.4 Å². The molecule has 4 heterocycles. The molecule has 3 saturated heterocycles. The number of carbonyl (C=O) groups excluding carboxylic acids is 2. The maximum atomic E-state index is 13.5. The number of aromatic nitrogens is 2. The van der Waals surface area contributed by atoms with E-state index in [-0.39, 0.29) is 29.5 Å². The van der Waals surface area contributed by atoms with Gasteiger partial charge < -0.3 is 9.64 Å². The topological polar surface area (TPSA) is 78.5 Å². The van der Waals surface area contributed by atoms with Gasteiger partial charge in [0.1, 0.15) is 11.6 Å². The Morgan fingerprint density at radius 3 is 2.74 bits per heavy atom. The maximum absolute atomic E-state index is 13.5. The summed E-state index contributed by atoms with van der Waals surface area (Å²) in [6.07, 6.45) is 11.2. The molecule has 4 aliphatic rings. The van der Waals surface area contributed by atoms with Crippen molar-refractivity contribution in [3.63, 3.8) is 0 Å². The number of H-pyrrole nitrogens is 1. The number of aromatic amines is 1. The van der Waals surface area contributed by atoms with Crippen LogP contribution in [-0.2, 0) is 20.9 Å². The average molecular weight is 429 g/mol. The molecule has 0 aromatic carbocycles. The second-order valence-electron chi connectivity index (χ2n) is 9.33. The van der Waals surface area contributed by atoms with E-state index in [2.05, 4.69) is 15.1 Å². The highest BCUT2D eigenvalue weighted by atomic mass is 19.1. The lowest BCUT2D eigenvalue weighted by molar-refractivity contribution is -0.171. The second-order valence-corrected chi connectivity index (χ2v) is 9.33. The minimum absolute atomic E-state index is 0.0421.